The van der Waals surface area contributed by atoms with Crippen LogP contribution in [0.1, 0.15) is 40.2 Å². The predicted octanol–water partition coefficient (Wildman–Crippen LogP) is 1.27. The molecule has 4 atom stereocenters. The van der Waals surface area contributed by atoms with Crippen LogP contribution >= 0.6 is 0 Å². The molecule has 1 aromatic rings. The number of rotatable bonds is 12. The van der Waals surface area contributed by atoms with Crippen molar-refractivity contribution in [3.63, 3.8) is 0 Å². The number of hydrogen-bond acceptors (Lipinski definition) is 12. The Morgan fingerprint density at radius 2 is 1.49 bits per heavy atom. The second kappa shape index (κ2) is 13.7. The molecular weight excluding hydrogens is 516 g/mol. The highest BCUT2D eigenvalue weighted by molar-refractivity contribution is 6.04. The van der Waals surface area contributed by atoms with Gasteiger partial charge < -0.3 is 33.2 Å². The summed E-state index contributed by atoms with van der Waals surface area (Å²) in [5.41, 5.74) is -3.96. The highest BCUT2D eigenvalue weighted by atomic mass is 16.8. The van der Waals surface area contributed by atoms with Crippen molar-refractivity contribution >= 4 is 29.8 Å². The lowest BCUT2D eigenvalue weighted by molar-refractivity contribution is -0.206. The van der Waals surface area contributed by atoms with E-state index in [0.29, 0.717) is 5.56 Å². The second-order valence-corrected chi connectivity index (χ2v) is 8.41. The molecule has 39 heavy (non-hydrogen) atoms. The fourth-order valence-electron chi connectivity index (χ4n) is 4.02. The SMILES string of the molecule is C#C[C@@]1(OC(C)=O)[C@@H](COC(Cc2ccccc2)(C(=O)OCC)C(=O)OCC)O[C@H](OC(C)=O)[C@@H]1OC(C)=O. The first-order valence-electron chi connectivity index (χ1n) is 12.1. The molecule has 1 heterocycles. The fraction of sp³-hybridized carbons (Fsp3) is 0.519. The van der Waals surface area contributed by atoms with Crippen LogP contribution in [0.4, 0.5) is 0 Å². The van der Waals surface area contributed by atoms with Crippen molar-refractivity contribution in [2.45, 2.75) is 70.7 Å². The van der Waals surface area contributed by atoms with E-state index in [0.717, 1.165) is 20.8 Å². The summed E-state index contributed by atoms with van der Waals surface area (Å²) in [4.78, 5) is 62.3. The zero-order valence-electron chi connectivity index (χ0n) is 22.4. The second-order valence-electron chi connectivity index (χ2n) is 8.41. The average molecular weight is 549 g/mol. The fourth-order valence-corrected chi connectivity index (χ4v) is 4.02. The Morgan fingerprint density at radius 1 is 0.923 bits per heavy atom. The number of ether oxygens (including phenoxy) is 7. The highest BCUT2D eigenvalue weighted by Gasteiger charge is 2.64. The highest BCUT2D eigenvalue weighted by Crippen LogP contribution is 2.39. The third-order valence-electron chi connectivity index (χ3n) is 5.55. The summed E-state index contributed by atoms with van der Waals surface area (Å²) in [6.07, 6.45) is 0.775. The molecular formula is C27H32O12. The molecule has 1 aromatic carbocycles. The van der Waals surface area contributed by atoms with Crippen molar-refractivity contribution in [3.05, 3.63) is 35.9 Å². The van der Waals surface area contributed by atoms with Crippen LogP contribution in [0.3, 0.4) is 0 Å². The van der Waals surface area contributed by atoms with Crippen LogP contribution in [0.2, 0.25) is 0 Å². The maximum atomic E-state index is 13.3. The minimum Gasteiger partial charge on any atom is -0.463 e. The van der Waals surface area contributed by atoms with Crippen molar-refractivity contribution in [2.24, 2.45) is 0 Å². The molecule has 0 aliphatic carbocycles. The average Bonchev–Trinajstić information content (AvgIpc) is 3.13. The number of esters is 5. The molecule has 1 aliphatic rings. The molecule has 0 amide bonds. The van der Waals surface area contributed by atoms with Crippen LogP contribution in [0, 0.1) is 12.3 Å². The van der Waals surface area contributed by atoms with Crippen LogP contribution in [-0.2, 0) is 63.6 Å². The van der Waals surface area contributed by atoms with E-state index in [9.17, 15) is 24.0 Å². The van der Waals surface area contributed by atoms with Gasteiger partial charge in [-0.3, -0.25) is 14.4 Å². The molecule has 1 saturated heterocycles. The first-order valence-corrected chi connectivity index (χ1v) is 12.1. The molecule has 0 N–H and O–H groups in total. The number of carbonyl (C=O) groups is 5. The largest absolute Gasteiger partial charge is 0.463 e. The Balaban J connectivity index is 2.59. The van der Waals surface area contributed by atoms with Gasteiger partial charge in [0, 0.05) is 27.2 Å². The van der Waals surface area contributed by atoms with Gasteiger partial charge in [-0.15, -0.1) is 6.42 Å². The Morgan fingerprint density at radius 3 is 1.95 bits per heavy atom. The molecule has 0 radical (unpaired) electrons. The van der Waals surface area contributed by atoms with E-state index in [1.807, 2.05) is 0 Å². The standard InChI is InChI=1S/C27H32O12/c1-7-26(39-19(6)30)21(38-23(37-18(5)29)22(26)36-17(4)28)16-35-27(24(31)33-8-2,25(32)34-9-3)15-20-13-11-10-12-14-20/h1,10-14,21-23H,8-9,15-16H2,2-6H3/t21-,22+,23+,26-/m1/s1. The number of benzene rings is 1. The van der Waals surface area contributed by atoms with Gasteiger partial charge in [-0.25, -0.2) is 9.59 Å². The molecule has 0 unspecified atom stereocenters. The van der Waals surface area contributed by atoms with Crippen molar-refractivity contribution in [2.75, 3.05) is 19.8 Å². The summed E-state index contributed by atoms with van der Waals surface area (Å²) in [5, 5.41) is 0. The quantitative estimate of drug-likeness (QED) is 0.160. The first kappa shape index (κ1) is 31.3. The van der Waals surface area contributed by atoms with E-state index >= 15 is 0 Å². The van der Waals surface area contributed by atoms with E-state index in [2.05, 4.69) is 5.92 Å². The summed E-state index contributed by atoms with van der Waals surface area (Å²) in [7, 11) is 0. The van der Waals surface area contributed by atoms with Crippen molar-refractivity contribution < 1.29 is 57.1 Å². The van der Waals surface area contributed by atoms with Gasteiger partial charge >= 0.3 is 29.8 Å². The van der Waals surface area contributed by atoms with Gasteiger partial charge in [0.15, 0.2) is 0 Å². The summed E-state index contributed by atoms with van der Waals surface area (Å²) in [6.45, 7) is 5.45. The molecule has 0 bridgehead atoms. The maximum Gasteiger partial charge on any atom is 0.350 e. The predicted molar refractivity (Wildman–Crippen MR) is 131 cm³/mol. The molecule has 0 spiro atoms. The molecule has 12 nitrogen and oxygen atoms in total. The lowest BCUT2D eigenvalue weighted by atomic mass is 9.91. The van der Waals surface area contributed by atoms with Gasteiger partial charge in [-0.1, -0.05) is 36.3 Å². The summed E-state index contributed by atoms with van der Waals surface area (Å²) in [6, 6.07) is 8.49. The Bertz CT molecular complexity index is 1070. The number of terminal acetylenes is 1. The normalized spacial score (nSPS) is 22.2. The van der Waals surface area contributed by atoms with Gasteiger partial charge in [0.25, 0.3) is 5.60 Å². The Labute approximate surface area is 226 Å². The summed E-state index contributed by atoms with van der Waals surface area (Å²) in [5.74, 6) is -2.36. The lowest BCUT2D eigenvalue weighted by Gasteiger charge is -2.34. The van der Waals surface area contributed by atoms with E-state index in [4.69, 9.17) is 39.6 Å². The topological polar surface area (TPSA) is 150 Å². The molecule has 1 aliphatic heterocycles. The lowest BCUT2D eigenvalue weighted by Crippen LogP contribution is -2.57. The molecule has 12 heteroatoms. The molecule has 212 valence electrons. The monoisotopic (exact) mass is 548 g/mol. The minimum absolute atomic E-state index is 0.0805. The Kier molecular flexibility index (Phi) is 11.0. The zero-order chi connectivity index (χ0) is 29.2. The van der Waals surface area contributed by atoms with E-state index in [1.165, 1.54) is 0 Å². The molecule has 0 saturated carbocycles. The van der Waals surface area contributed by atoms with Gasteiger partial charge in [-0.05, 0) is 19.4 Å². The molecule has 0 aromatic heterocycles. The maximum absolute atomic E-state index is 13.3. The zero-order valence-corrected chi connectivity index (χ0v) is 22.4. The number of hydrogen-bond donors (Lipinski definition) is 0. The van der Waals surface area contributed by atoms with Crippen molar-refractivity contribution in [1.82, 2.24) is 0 Å². The third-order valence-corrected chi connectivity index (χ3v) is 5.55. The van der Waals surface area contributed by atoms with Gasteiger partial charge in [0.2, 0.25) is 18.0 Å². The van der Waals surface area contributed by atoms with Crippen LogP contribution in [0.25, 0.3) is 0 Å². The summed E-state index contributed by atoms with van der Waals surface area (Å²) >= 11 is 0. The summed E-state index contributed by atoms with van der Waals surface area (Å²) < 4.78 is 37.9. The molecule has 2 rings (SSSR count). The first-order chi connectivity index (χ1) is 18.4. The van der Waals surface area contributed by atoms with Crippen LogP contribution < -0.4 is 0 Å². The third kappa shape index (κ3) is 7.34. The van der Waals surface area contributed by atoms with Gasteiger partial charge in [-0.2, -0.15) is 0 Å². The van der Waals surface area contributed by atoms with Crippen LogP contribution in [0.5, 0.6) is 0 Å². The number of carbonyl (C=O) groups excluding carboxylic acids is 5. The van der Waals surface area contributed by atoms with Crippen molar-refractivity contribution in [1.29, 1.82) is 0 Å². The van der Waals surface area contributed by atoms with Gasteiger partial charge in [0.05, 0.1) is 19.8 Å². The van der Waals surface area contributed by atoms with E-state index < -0.39 is 66.2 Å². The van der Waals surface area contributed by atoms with Crippen molar-refractivity contribution in [3.8, 4) is 12.3 Å². The van der Waals surface area contributed by atoms with Crippen LogP contribution in [-0.4, -0.2) is 79.4 Å². The van der Waals surface area contributed by atoms with Crippen LogP contribution in [0.15, 0.2) is 30.3 Å². The smallest absolute Gasteiger partial charge is 0.350 e. The van der Waals surface area contributed by atoms with E-state index in [-0.39, 0.29) is 19.6 Å². The minimum atomic E-state index is -2.33. The van der Waals surface area contributed by atoms with Gasteiger partial charge in [0.1, 0.15) is 6.10 Å². The van der Waals surface area contributed by atoms with E-state index in [1.54, 1.807) is 44.2 Å². The molecule has 1 fully saturated rings. The Hall–Kier alpha value is -3.95.